The zero-order valence-electron chi connectivity index (χ0n) is 15.5. The van der Waals surface area contributed by atoms with Crippen molar-refractivity contribution in [3.63, 3.8) is 0 Å². The molecule has 0 spiro atoms. The van der Waals surface area contributed by atoms with Crippen molar-refractivity contribution in [1.82, 2.24) is 29.7 Å². The summed E-state index contributed by atoms with van der Waals surface area (Å²) < 4.78 is 0. The van der Waals surface area contributed by atoms with E-state index in [9.17, 15) is 4.79 Å². The number of rotatable bonds is 3. The summed E-state index contributed by atoms with van der Waals surface area (Å²) in [6.07, 6.45) is 5.14. The molecule has 2 aliphatic heterocycles. The summed E-state index contributed by atoms with van der Waals surface area (Å²) in [5.74, 6) is 0.758. The molecule has 0 atom stereocenters. The summed E-state index contributed by atoms with van der Waals surface area (Å²) in [5, 5.41) is 0. The molecule has 8 heteroatoms. The molecule has 0 saturated carbocycles. The molecule has 2 aromatic heterocycles. The molecule has 5 rings (SSSR count). The van der Waals surface area contributed by atoms with E-state index >= 15 is 0 Å². The number of hydrogen-bond acceptors (Lipinski definition) is 7. The van der Waals surface area contributed by atoms with Gasteiger partial charge < -0.3 is 9.80 Å². The van der Waals surface area contributed by atoms with Crippen LogP contribution in [0, 0.1) is 0 Å². The van der Waals surface area contributed by atoms with Crippen LogP contribution < -0.4 is 4.90 Å². The third-order valence-corrected chi connectivity index (χ3v) is 5.48. The number of piperazine rings is 1. The van der Waals surface area contributed by atoms with E-state index in [1.807, 2.05) is 35.2 Å². The molecule has 2 aliphatic rings. The van der Waals surface area contributed by atoms with Crippen molar-refractivity contribution >= 4 is 22.9 Å². The topological polar surface area (TPSA) is 78.4 Å². The van der Waals surface area contributed by atoms with E-state index in [1.54, 1.807) is 18.6 Å². The lowest BCUT2D eigenvalue weighted by Crippen LogP contribution is -2.64. The Balaban J connectivity index is 1.17. The molecular formula is C20H21N7O. The lowest BCUT2D eigenvalue weighted by Gasteiger charge is -2.48. The third kappa shape index (κ3) is 3.16. The molecule has 0 aliphatic carbocycles. The first-order chi connectivity index (χ1) is 13.8. The average Bonchev–Trinajstić information content (AvgIpc) is 2.73. The number of para-hydroxylation sites is 2. The van der Waals surface area contributed by atoms with Crippen LogP contribution in [0.4, 0.5) is 5.95 Å². The maximum atomic E-state index is 12.7. The van der Waals surface area contributed by atoms with Gasteiger partial charge in [-0.1, -0.05) is 12.1 Å². The van der Waals surface area contributed by atoms with Crippen LogP contribution in [-0.2, 0) is 0 Å². The van der Waals surface area contributed by atoms with Crippen LogP contribution in [0.1, 0.15) is 10.5 Å². The number of amides is 1. The number of carbonyl (C=O) groups excluding carboxylic acids is 1. The Morgan fingerprint density at radius 3 is 2.36 bits per heavy atom. The molecule has 3 aromatic rings. The monoisotopic (exact) mass is 375 g/mol. The molecule has 2 fully saturated rings. The number of aromatic nitrogens is 4. The molecule has 28 heavy (non-hydrogen) atoms. The van der Waals surface area contributed by atoms with Crippen LogP contribution in [0.5, 0.6) is 0 Å². The molecule has 2 saturated heterocycles. The van der Waals surface area contributed by atoms with Crippen molar-refractivity contribution in [3.8, 4) is 0 Å². The molecule has 0 bridgehead atoms. The van der Waals surface area contributed by atoms with Gasteiger partial charge in [-0.3, -0.25) is 14.7 Å². The summed E-state index contributed by atoms with van der Waals surface area (Å²) >= 11 is 0. The number of anilines is 1. The summed E-state index contributed by atoms with van der Waals surface area (Å²) in [6, 6.07) is 9.85. The minimum atomic E-state index is -0.0363. The van der Waals surface area contributed by atoms with Gasteiger partial charge in [0, 0.05) is 57.7 Å². The zero-order chi connectivity index (χ0) is 18.9. The quantitative estimate of drug-likeness (QED) is 0.677. The molecule has 0 unspecified atom stereocenters. The van der Waals surface area contributed by atoms with Gasteiger partial charge in [0.2, 0.25) is 5.95 Å². The van der Waals surface area contributed by atoms with Gasteiger partial charge in [-0.25, -0.2) is 15.0 Å². The number of nitrogens with zero attached hydrogens (tertiary/aromatic N) is 7. The van der Waals surface area contributed by atoms with Crippen molar-refractivity contribution in [2.45, 2.75) is 6.04 Å². The first-order valence-corrected chi connectivity index (χ1v) is 9.55. The molecule has 8 nitrogen and oxygen atoms in total. The molecule has 0 N–H and O–H groups in total. The van der Waals surface area contributed by atoms with Crippen LogP contribution in [-0.4, -0.2) is 81.0 Å². The number of likely N-dealkylation sites (tertiary alicyclic amines) is 1. The van der Waals surface area contributed by atoms with E-state index in [0.717, 1.165) is 56.3 Å². The molecule has 142 valence electrons. The van der Waals surface area contributed by atoms with Crippen molar-refractivity contribution < 1.29 is 4.79 Å². The van der Waals surface area contributed by atoms with Crippen molar-refractivity contribution in [3.05, 3.63) is 54.6 Å². The average molecular weight is 375 g/mol. The van der Waals surface area contributed by atoms with Crippen LogP contribution in [0.2, 0.25) is 0 Å². The predicted molar refractivity (Wildman–Crippen MR) is 105 cm³/mol. The first kappa shape index (κ1) is 17.0. The second-order valence-electron chi connectivity index (χ2n) is 7.18. The minimum Gasteiger partial charge on any atom is -0.338 e. The second kappa shape index (κ2) is 7.12. The summed E-state index contributed by atoms with van der Waals surface area (Å²) in [4.78, 5) is 36.7. The van der Waals surface area contributed by atoms with E-state index in [1.165, 1.54) is 0 Å². The van der Waals surface area contributed by atoms with Crippen LogP contribution in [0.3, 0.4) is 0 Å². The van der Waals surface area contributed by atoms with E-state index in [4.69, 9.17) is 0 Å². The fraction of sp³-hybridized carbons (Fsp3) is 0.350. The molecule has 0 radical (unpaired) electrons. The second-order valence-corrected chi connectivity index (χ2v) is 7.18. The maximum Gasteiger partial charge on any atom is 0.274 e. The van der Waals surface area contributed by atoms with Gasteiger partial charge in [-0.15, -0.1) is 0 Å². The van der Waals surface area contributed by atoms with E-state index in [0.29, 0.717) is 11.7 Å². The van der Waals surface area contributed by atoms with E-state index in [-0.39, 0.29) is 5.91 Å². The standard InChI is InChI=1S/C20H21N7O/c28-19(18-12-23-16-4-1-2-5-17(16)24-18)27-13-15(14-27)25-8-10-26(11-9-25)20-21-6-3-7-22-20/h1-7,12,15H,8-11,13-14H2. The Labute approximate surface area is 162 Å². The molecule has 4 heterocycles. The Hall–Kier alpha value is -3.13. The number of hydrogen-bond donors (Lipinski definition) is 0. The lowest BCUT2D eigenvalue weighted by atomic mass is 10.1. The molecular weight excluding hydrogens is 354 g/mol. The first-order valence-electron chi connectivity index (χ1n) is 9.55. The molecule has 1 amide bonds. The Morgan fingerprint density at radius 1 is 0.893 bits per heavy atom. The summed E-state index contributed by atoms with van der Waals surface area (Å²) in [5.41, 5.74) is 1.98. The lowest BCUT2D eigenvalue weighted by molar-refractivity contribution is 0.0241. The molecule has 1 aromatic carbocycles. The van der Waals surface area contributed by atoms with Crippen LogP contribution >= 0.6 is 0 Å². The van der Waals surface area contributed by atoms with Gasteiger partial charge in [0.1, 0.15) is 5.69 Å². The maximum absolute atomic E-state index is 12.7. The zero-order valence-corrected chi connectivity index (χ0v) is 15.5. The third-order valence-electron chi connectivity index (χ3n) is 5.48. The Kier molecular flexibility index (Phi) is 4.32. The number of fused-ring (bicyclic) bond motifs is 1. The van der Waals surface area contributed by atoms with Gasteiger partial charge in [0.25, 0.3) is 5.91 Å². The Bertz CT molecular complexity index is 982. The highest BCUT2D eigenvalue weighted by Crippen LogP contribution is 2.20. The van der Waals surface area contributed by atoms with Crippen molar-refractivity contribution in [2.24, 2.45) is 0 Å². The van der Waals surface area contributed by atoms with E-state index in [2.05, 4.69) is 29.7 Å². The minimum absolute atomic E-state index is 0.0363. The van der Waals surface area contributed by atoms with Crippen molar-refractivity contribution in [1.29, 1.82) is 0 Å². The van der Waals surface area contributed by atoms with Gasteiger partial charge >= 0.3 is 0 Å². The SMILES string of the molecule is O=C(c1cnc2ccccc2n1)N1CC(N2CCN(c3ncccn3)CC2)C1. The summed E-state index contributed by atoms with van der Waals surface area (Å²) in [7, 11) is 0. The largest absolute Gasteiger partial charge is 0.338 e. The fourth-order valence-corrected chi connectivity index (χ4v) is 3.82. The van der Waals surface area contributed by atoms with Gasteiger partial charge in [0.15, 0.2) is 0 Å². The predicted octanol–water partition coefficient (Wildman–Crippen LogP) is 1.07. The number of carbonyl (C=O) groups is 1. The smallest absolute Gasteiger partial charge is 0.274 e. The van der Waals surface area contributed by atoms with Gasteiger partial charge in [-0.05, 0) is 18.2 Å². The van der Waals surface area contributed by atoms with Crippen LogP contribution in [0.25, 0.3) is 11.0 Å². The number of benzene rings is 1. The highest BCUT2D eigenvalue weighted by Gasteiger charge is 2.37. The Morgan fingerprint density at radius 2 is 1.61 bits per heavy atom. The van der Waals surface area contributed by atoms with E-state index < -0.39 is 0 Å². The highest BCUT2D eigenvalue weighted by atomic mass is 16.2. The fourth-order valence-electron chi connectivity index (χ4n) is 3.82. The summed E-state index contributed by atoms with van der Waals surface area (Å²) in [6.45, 7) is 5.22. The highest BCUT2D eigenvalue weighted by molar-refractivity contribution is 5.94. The van der Waals surface area contributed by atoms with Crippen molar-refractivity contribution in [2.75, 3.05) is 44.2 Å². The normalized spacial score (nSPS) is 18.3. The van der Waals surface area contributed by atoms with Crippen LogP contribution in [0.15, 0.2) is 48.9 Å². The van der Waals surface area contributed by atoms with Gasteiger partial charge in [-0.2, -0.15) is 0 Å². The van der Waals surface area contributed by atoms with Gasteiger partial charge in [0.05, 0.1) is 17.2 Å².